The molecule has 1 aromatic carbocycles. The van der Waals surface area contributed by atoms with Crippen LogP contribution in [0.25, 0.3) is 0 Å². The molecule has 0 saturated heterocycles. The number of sulfonamides is 1. The number of benzene rings is 1. The predicted molar refractivity (Wildman–Crippen MR) is 80.6 cm³/mol. The Morgan fingerprint density at radius 3 is 2.62 bits per heavy atom. The molecule has 112 valence electrons. The fourth-order valence-corrected chi connectivity index (χ4v) is 2.84. The molecular weight excluding hydrogens is 290 g/mol. The highest BCUT2D eigenvalue weighted by molar-refractivity contribution is 7.92. The van der Waals surface area contributed by atoms with Crippen molar-refractivity contribution < 1.29 is 13.2 Å². The second-order valence-electron chi connectivity index (χ2n) is 4.56. The Balaban J connectivity index is 2.27. The van der Waals surface area contributed by atoms with E-state index >= 15 is 0 Å². The number of anilines is 1. The molecule has 21 heavy (non-hydrogen) atoms. The molecule has 0 bridgehead atoms. The van der Waals surface area contributed by atoms with Crippen molar-refractivity contribution >= 4 is 15.7 Å². The molecule has 2 rings (SSSR count). The van der Waals surface area contributed by atoms with E-state index in [-0.39, 0.29) is 10.9 Å². The number of rotatable bonds is 5. The zero-order chi connectivity index (χ0) is 15.5. The SMILES string of the molecule is COc1ccc(NS(=O)(=O)c2cccc(C(C)N)c2)cn1. The molecule has 0 spiro atoms. The van der Waals surface area contributed by atoms with Crippen LogP contribution in [-0.2, 0) is 10.0 Å². The Labute approximate surface area is 124 Å². The fraction of sp³-hybridized carbons (Fsp3) is 0.214. The Bertz CT molecular complexity index is 712. The highest BCUT2D eigenvalue weighted by Gasteiger charge is 2.15. The quantitative estimate of drug-likeness (QED) is 0.880. The number of methoxy groups -OCH3 is 1. The Morgan fingerprint density at radius 2 is 2.05 bits per heavy atom. The van der Waals surface area contributed by atoms with Crippen molar-refractivity contribution in [2.75, 3.05) is 11.8 Å². The maximum Gasteiger partial charge on any atom is 0.261 e. The number of hydrogen-bond acceptors (Lipinski definition) is 5. The molecule has 1 unspecified atom stereocenters. The molecule has 3 N–H and O–H groups in total. The van der Waals surface area contributed by atoms with E-state index in [1.165, 1.54) is 19.4 Å². The molecule has 6 nitrogen and oxygen atoms in total. The second-order valence-corrected chi connectivity index (χ2v) is 6.24. The molecule has 0 fully saturated rings. The van der Waals surface area contributed by atoms with Crippen molar-refractivity contribution in [3.05, 3.63) is 48.2 Å². The van der Waals surface area contributed by atoms with E-state index in [4.69, 9.17) is 10.5 Å². The lowest BCUT2D eigenvalue weighted by Gasteiger charge is -2.11. The van der Waals surface area contributed by atoms with Gasteiger partial charge >= 0.3 is 0 Å². The topological polar surface area (TPSA) is 94.3 Å². The first-order valence-electron chi connectivity index (χ1n) is 6.31. The fourth-order valence-electron chi connectivity index (χ4n) is 1.74. The lowest BCUT2D eigenvalue weighted by Crippen LogP contribution is -2.14. The molecule has 2 aromatic rings. The number of ether oxygens (including phenoxy) is 1. The molecule has 1 atom stereocenters. The van der Waals surface area contributed by atoms with E-state index in [2.05, 4.69) is 9.71 Å². The van der Waals surface area contributed by atoms with Gasteiger partial charge in [-0.15, -0.1) is 0 Å². The van der Waals surface area contributed by atoms with Crippen LogP contribution in [0.1, 0.15) is 18.5 Å². The first-order valence-corrected chi connectivity index (χ1v) is 7.79. The lowest BCUT2D eigenvalue weighted by atomic mass is 10.1. The van der Waals surface area contributed by atoms with Crippen LogP contribution in [-0.4, -0.2) is 20.5 Å². The summed E-state index contributed by atoms with van der Waals surface area (Å²) in [4.78, 5) is 4.11. The summed E-state index contributed by atoms with van der Waals surface area (Å²) in [6.45, 7) is 1.80. The van der Waals surface area contributed by atoms with Crippen LogP contribution in [0, 0.1) is 0 Å². The van der Waals surface area contributed by atoms with E-state index in [1.807, 2.05) is 0 Å². The minimum atomic E-state index is -3.68. The molecule has 1 heterocycles. The molecule has 0 aliphatic carbocycles. The lowest BCUT2D eigenvalue weighted by molar-refractivity contribution is 0.398. The molecule has 0 saturated carbocycles. The minimum absolute atomic E-state index is 0.160. The summed E-state index contributed by atoms with van der Waals surface area (Å²) in [7, 11) is -2.18. The van der Waals surface area contributed by atoms with E-state index < -0.39 is 10.0 Å². The molecule has 0 radical (unpaired) electrons. The summed E-state index contributed by atoms with van der Waals surface area (Å²) >= 11 is 0. The second kappa shape index (κ2) is 6.11. The van der Waals surface area contributed by atoms with Crippen LogP contribution in [0.5, 0.6) is 5.88 Å². The van der Waals surface area contributed by atoms with Crippen LogP contribution < -0.4 is 15.2 Å². The number of aromatic nitrogens is 1. The molecule has 0 aliphatic heterocycles. The Morgan fingerprint density at radius 1 is 1.29 bits per heavy atom. The van der Waals surface area contributed by atoms with Gasteiger partial charge in [0, 0.05) is 12.1 Å². The summed E-state index contributed by atoms with van der Waals surface area (Å²) in [5, 5.41) is 0. The van der Waals surface area contributed by atoms with Gasteiger partial charge in [0.1, 0.15) is 0 Å². The number of nitrogens with zero attached hydrogens (tertiary/aromatic N) is 1. The van der Waals surface area contributed by atoms with Crippen molar-refractivity contribution in [2.45, 2.75) is 17.9 Å². The zero-order valence-corrected chi connectivity index (χ0v) is 12.6. The Kier molecular flexibility index (Phi) is 4.44. The van der Waals surface area contributed by atoms with Gasteiger partial charge in [-0.25, -0.2) is 13.4 Å². The summed E-state index contributed by atoms with van der Waals surface area (Å²) in [6.07, 6.45) is 1.39. The standard InChI is InChI=1S/C14H17N3O3S/c1-10(15)11-4-3-5-13(8-11)21(18,19)17-12-6-7-14(20-2)16-9-12/h3-10,17H,15H2,1-2H3. The Hall–Kier alpha value is -2.12. The molecule has 1 aromatic heterocycles. The van der Waals surface area contributed by atoms with Gasteiger partial charge < -0.3 is 10.5 Å². The monoisotopic (exact) mass is 307 g/mol. The van der Waals surface area contributed by atoms with Gasteiger partial charge in [-0.05, 0) is 30.7 Å². The van der Waals surface area contributed by atoms with Crippen molar-refractivity contribution in [3.8, 4) is 5.88 Å². The van der Waals surface area contributed by atoms with Gasteiger partial charge in [0.2, 0.25) is 5.88 Å². The van der Waals surface area contributed by atoms with Gasteiger partial charge in [0.15, 0.2) is 0 Å². The minimum Gasteiger partial charge on any atom is -0.481 e. The van der Waals surface area contributed by atoms with Crippen molar-refractivity contribution in [2.24, 2.45) is 5.73 Å². The van der Waals surface area contributed by atoms with Crippen LogP contribution in [0.3, 0.4) is 0 Å². The first-order chi connectivity index (χ1) is 9.92. The third-order valence-corrected chi connectivity index (χ3v) is 4.27. The van der Waals surface area contributed by atoms with Gasteiger partial charge in [0.25, 0.3) is 10.0 Å². The van der Waals surface area contributed by atoms with Crippen LogP contribution in [0.4, 0.5) is 5.69 Å². The normalized spacial score (nSPS) is 12.7. The predicted octanol–water partition coefficient (Wildman–Crippen LogP) is 1.91. The van der Waals surface area contributed by atoms with Gasteiger partial charge in [-0.2, -0.15) is 0 Å². The van der Waals surface area contributed by atoms with Crippen molar-refractivity contribution in [1.82, 2.24) is 4.98 Å². The number of nitrogens with two attached hydrogens (primary N) is 1. The number of nitrogens with one attached hydrogen (secondary N) is 1. The largest absolute Gasteiger partial charge is 0.481 e. The third kappa shape index (κ3) is 3.71. The van der Waals surface area contributed by atoms with E-state index in [9.17, 15) is 8.42 Å². The van der Waals surface area contributed by atoms with Gasteiger partial charge in [-0.3, -0.25) is 4.72 Å². The van der Waals surface area contributed by atoms with Crippen molar-refractivity contribution in [3.63, 3.8) is 0 Å². The van der Waals surface area contributed by atoms with Crippen LogP contribution >= 0.6 is 0 Å². The van der Waals surface area contributed by atoms with E-state index in [0.29, 0.717) is 11.6 Å². The smallest absolute Gasteiger partial charge is 0.261 e. The summed E-state index contributed by atoms with van der Waals surface area (Å²) in [5.41, 5.74) is 6.89. The maximum absolute atomic E-state index is 12.3. The summed E-state index contributed by atoms with van der Waals surface area (Å²) in [5.74, 6) is 0.414. The van der Waals surface area contributed by atoms with Crippen LogP contribution in [0.15, 0.2) is 47.5 Å². The highest BCUT2D eigenvalue weighted by atomic mass is 32.2. The first kappa shape index (κ1) is 15.3. The average Bonchev–Trinajstić information content (AvgIpc) is 2.48. The van der Waals surface area contributed by atoms with Crippen molar-refractivity contribution in [1.29, 1.82) is 0 Å². The number of hydrogen-bond donors (Lipinski definition) is 2. The molecule has 0 amide bonds. The third-order valence-electron chi connectivity index (χ3n) is 2.89. The number of pyridine rings is 1. The van der Waals surface area contributed by atoms with Gasteiger partial charge in [0.05, 0.1) is 23.9 Å². The maximum atomic E-state index is 12.3. The summed E-state index contributed by atoms with van der Waals surface area (Å²) < 4.78 is 32.0. The van der Waals surface area contributed by atoms with Crippen LogP contribution in [0.2, 0.25) is 0 Å². The average molecular weight is 307 g/mol. The summed E-state index contributed by atoms with van der Waals surface area (Å²) in [6, 6.07) is 9.46. The molecule has 7 heteroatoms. The van der Waals surface area contributed by atoms with Gasteiger partial charge in [-0.1, -0.05) is 12.1 Å². The molecular formula is C14H17N3O3S. The molecule has 0 aliphatic rings. The highest BCUT2D eigenvalue weighted by Crippen LogP contribution is 2.19. The van der Waals surface area contributed by atoms with E-state index in [0.717, 1.165) is 5.56 Å². The van der Waals surface area contributed by atoms with E-state index in [1.54, 1.807) is 37.3 Å². The zero-order valence-electron chi connectivity index (χ0n) is 11.8.